The van der Waals surface area contributed by atoms with Gasteiger partial charge >= 0.3 is 0 Å². The van der Waals surface area contributed by atoms with Crippen LogP contribution < -0.4 is 0 Å². The first-order valence-electron chi connectivity index (χ1n) is 5.93. The zero-order valence-corrected chi connectivity index (χ0v) is 10.9. The van der Waals surface area contributed by atoms with Gasteiger partial charge in [0.2, 0.25) is 10.0 Å². The molecular formula is C13H17NO3S. The normalized spacial score (nSPS) is 16.9. The summed E-state index contributed by atoms with van der Waals surface area (Å²) in [5.41, 5.74) is 1.46. The van der Waals surface area contributed by atoms with E-state index in [1.165, 1.54) is 4.31 Å². The first kappa shape index (κ1) is 13.3. The van der Waals surface area contributed by atoms with Crippen LogP contribution in [-0.2, 0) is 22.4 Å². The summed E-state index contributed by atoms with van der Waals surface area (Å²) in [5, 5.41) is 9.04. The van der Waals surface area contributed by atoms with Gasteiger partial charge in [-0.25, -0.2) is 8.42 Å². The van der Waals surface area contributed by atoms with Gasteiger partial charge < -0.3 is 5.11 Å². The second kappa shape index (κ2) is 5.65. The Morgan fingerprint density at radius 1 is 1.22 bits per heavy atom. The maximum Gasteiger partial charge on any atom is 0.218 e. The molecule has 0 saturated heterocycles. The van der Waals surface area contributed by atoms with Crippen LogP contribution in [0.3, 0.4) is 0 Å². The van der Waals surface area contributed by atoms with E-state index < -0.39 is 10.0 Å². The molecule has 0 radical (unpaired) electrons. The zero-order valence-electron chi connectivity index (χ0n) is 10.1. The molecular weight excluding hydrogens is 250 g/mol. The summed E-state index contributed by atoms with van der Waals surface area (Å²) >= 11 is 0. The molecule has 1 aliphatic rings. The number of hydrogen-bond donors (Lipinski definition) is 1. The van der Waals surface area contributed by atoms with Crippen LogP contribution in [0.25, 0.3) is 0 Å². The lowest BCUT2D eigenvalue weighted by molar-refractivity contribution is 0.281. The molecule has 5 heteroatoms. The molecule has 0 fully saturated rings. The Hall–Kier alpha value is -1.17. The van der Waals surface area contributed by atoms with Gasteiger partial charge in [0.1, 0.15) is 0 Å². The lowest BCUT2D eigenvalue weighted by atomic mass is 10.1. The topological polar surface area (TPSA) is 57.6 Å². The van der Waals surface area contributed by atoms with Crippen LogP contribution >= 0.6 is 0 Å². The maximum absolute atomic E-state index is 12.2. The Kier molecular flexibility index (Phi) is 4.16. The average molecular weight is 267 g/mol. The number of sulfonamides is 1. The molecule has 98 valence electrons. The van der Waals surface area contributed by atoms with Crippen LogP contribution in [0.15, 0.2) is 36.4 Å². The molecule has 1 N–H and O–H groups in total. The SMILES string of the molecule is O=S(=O)(Cc1cccc(CO)c1)N1CC=CCC1. The number of nitrogens with zero attached hydrogens (tertiary/aromatic N) is 1. The quantitative estimate of drug-likeness (QED) is 0.836. The Morgan fingerprint density at radius 3 is 2.67 bits per heavy atom. The van der Waals surface area contributed by atoms with Crippen molar-refractivity contribution in [1.29, 1.82) is 0 Å². The van der Waals surface area contributed by atoms with Crippen LogP contribution in [0.5, 0.6) is 0 Å². The van der Waals surface area contributed by atoms with Crippen LogP contribution in [0.2, 0.25) is 0 Å². The fourth-order valence-electron chi connectivity index (χ4n) is 1.99. The minimum atomic E-state index is -3.26. The second-order valence-corrected chi connectivity index (χ2v) is 6.32. The van der Waals surface area contributed by atoms with Gasteiger partial charge in [0.15, 0.2) is 0 Å². The highest BCUT2D eigenvalue weighted by atomic mass is 32.2. The van der Waals surface area contributed by atoms with E-state index in [1.807, 2.05) is 12.2 Å². The first-order valence-corrected chi connectivity index (χ1v) is 7.54. The van der Waals surface area contributed by atoms with Crippen molar-refractivity contribution in [3.8, 4) is 0 Å². The van der Waals surface area contributed by atoms with Crippen LogP contribution in [-0.4, -0.2) is 30.9 Å². The number of rotatable bonds is 4. The predicted octanol–water partition coefficient (Wildman–Crippen LogP) is 1.27. The summed E-state index contributed by atoms with van der Waals surface area (Å²) in [4.78, 5) is 0. The van der Waals surface area contributed by atoms with Crippen molar-refractivity contribution in [3.63, 3.8) is 0 Å². The Balaban J connectivity index is 2.14. The third kappa shape index (κ3) is 3.19. The molecule has 0 aromatic heterocycles. The lowest BCUT2D eigenvalue weighted by Crippen LogP contribution is -2.34. The molecule has 0 bridgehead atoms. The summed E-state index contributed by atoms with van der Waals surface area (Å²) in [7, 11) is -3.26. The smallest absolute Gasteiger partial charge is 0.218 e. The molecule has 0 atom stereocenters. The minimum absolute atomic E-state index is 0.00528. The molecule has 1 aromatic rings. The van der Waals surface area contributed by atoms with Crippen molar-refractivity contribution < 1.29 is 13.5 Å². The van der Waals surface area contributed by atoms with E-state index in [1.54, 1.807) is 24.3 Å². The summed E-state index contributed by atoms with van der Waals surface area (Å²) in [6.45, 7) is 0.945. The zero-order chi connectivity index (χ0) is 13.0. The number of hydrogen-bond acceptors (Lipinski definition) is 3. The van der Waals surface area contributed by atoms with Gasteiger partial charge in [-0.1, -0.05) is 36.4 Å². The van der Waals surface area contributed by atoms with Crippen LogP contribution in [0.4, 0.5) is 0 Å². The molecule has 0 amide bonds. The molecule has 4 nitrogen and oxygen atoms in total. The average Bonchev–Trinajstić information content (AvgIpc) is 2.39. The first-order chi connectivity index (χ1) is 8.62. The van der Waals surface area contributed by atoms with Gasteiger partial charge in [-0.2, -0.15) is 4.31 Å². The monoisotopic (exact) mass is 267 g/mol. The van der Waals surface area contributed by atoms with Crippen molar-refractivity contribution >= 4 is 10.0 Å². The third-order valence-corrected chi connectivity index (χ3v) is 4.75. The van der Waals surface area contributed by atoms with Crippen LogP contribution in [0, 0.1) is 0 Å². The fraction of sp³-hybridized carbons (Fsp3) is 0.385. The fourth-order valence-corrected chi connectivity index (χ4v) is 3.47. The number of aliphatic hydroxyl groups excluding tert-OH is 1. The lowest BCUT2D eigenvalue weighted by Gasteiger charge is -2.22. The largest absolute Gasteiger partial charge is 0.392 e. The second-order valence-electron chi connectivity index (χ2n) is 4.35. The van der Waals surface area contributed by atoms with E-state index in [0.717, 1.165) is 17.5 Å². The Morgan fingerprint density at radius 2 is 2.00 bits per heavy atom. The summed E-state index contributed by atoms with van der Waals surface area (Å²) < 4.78 is 25.9. The summed E-state index contributed by atoms with van der Waals surface area (Å²) in [6, 6.07) is 7.06. The molecule has 0 spiro atoms. The van der Waals surface area contributed by atoms with E-state index >= 15 is 0 Å². The van der Waals surface area contributed by atoms with E-state index in [4.69, 9.17) is 5.11 Å². The molecule has 1 aromatic carbocycles. The Bertz CT molecular complexity index is 537. The molecule has 2 rings (SSSR count). The van der Waals surface area contributed by atoms with Crippen LogP contribution in [0.1, 0.15) is 17.5 Å². The van der Waals surface area contributed by atoms with Gasteiger partial charge in [0.05, 0.1) is 12.4 Å². The van der Waals surface area contributed by atoms with Gasteiger partial charge in [-0.05, 0) is 17.5 Å². The van der Waals surface area contributed by atoms with Gasteiger partial charge in [-0.3, -0.25) is 0 Å². The highest BCUT2D eigenvalue weighted by Crippen LogP contribution is 2.15. The molecule has 0 unspecified atom stereocenters. The van der Waals surface area contributed by atoms with Gasteiger partial charge in [0, 0.05) is 13.1 Å². The van der Waals surface area contributed by atoms with E-state index in [9.17, 15) is 8.42 Å². The minimum Gasteiger partial charge on any atom is -0.392 e. The number of aliphatic hydroxyl groups is 1. The van der Waals surface area contributed by atoms with E-state index in [2.05, 4.69) is 0 Å². The molecule has 1 heterocycles. The standard InChI is InChI=1S/C13H17NO3S/c15-10-12-5-4-6-13(9-12)11-18(16,17)14-7-2-1-3-8-14/h1-2,4-6,9,15H,3,7-8,10-11H2. The van der Waals surface area contributed by atoms with Crippen molar-refractivity contribution in [2.24, 2.45) is 0 Å². The van der Waals surface area contributed by atoms with E-state index in [0.29, 0.717) is 13.1 Å². The highest BCUT2D eigenvalue weighted by Gasteiger charge is 2.22. The van der Waals surface area contributed by atoms with Crippen molar-refractivity contribution in [2.75, 3.05) is 13.1 Å². The van der Waals surface area contributed by atoms with Gasteiger partial charge in [-0.15, -0.1) is 0 Å². The van der Waals surface area contributed by atoms with Crippen molar-refractivity contribution in [1.82, 2.24) is 4.31 Å². The van der Waals surface area contributed by atoms with Gasteiger partial charge in [0.25, 0.3) is 0 Å². The van der Waals surface area contributed by atoms with Crippen molar-refractivity contribution in [2.45, 2.75) is 18.8 Å². The highest BCUT2D eigenvalue weighted by molar-refractivity contribution is 7.88. The van der Waals surface area contributed by atoms with E-state index in [-0.39, 0.29) is 12.4 Å². The summed E-state index contributed by atoms with van der Waals surface area (Å²) in [6.07, 6.45) is 4.65. The number of benzene rings is 1. The predicted molar refractivity (Wildman–Crippen MR) is 70.3 cm³/mol. The third-order valence-electron chi connectivity index (χ3n) is 2.94. The molecule has 18 heavy (non-hydrogen) atoms. The Labute approximate surface area is 108 Å². The summed E-state index contributed by atoms with van der Waals surface area (Å²) in [5.74, 6) is -0.00528. The maximum atomic E-state index is 12.2. The molecule has 0 saturated carbocycles. The molecule has 0 aliphatic carbocycles. The van der Waals surface area contributed by atoms with Crippen molar-refractivity contribution in [3.05, 3.63) is 47.5 Å². The molecule has 1 aliphatic heterocycles.